The molecule has 1 aromatic carbocycles. The quantitative estimate of drug-likeness (QED) is 0.798. The van der Waals surface area contributed by atoms with Crippen LogP contribution in [0.15, 0.2) is 24.3 Å². The van der Waals surface area contributed by atoms with Crippen molar-refractivity contribution in [2.75, 3.05) is 5.75 Å². The average molecular weight is 287 g/mol. The van der Waals surface area contributed by atoms with E-state index < -0.39 is 22.8 Å². The van der Waals surface area contributed by atoms with E-state index in [4.69, 9.17) is 5.11 Å². The maximum absolute atomic E-state index is 12.7. The van der Waals surface area contributed by atoms with Gasteiger partial charge < -0.3 is 5.11 Å². The molecule has 0 aliphatic carbocycles. The fourth-order valence-electron chi connectivity index (χ4n) is 1.42. The van der Waals surface area contributed by atoms with Crippen molar-refractivity contribution < 1.29 is 18.5 Å². The summed E-state index contributed by atoms with van der Waals surface area (Å²) < 4.78 is 24.4. The first kappa shape index (κ1) is 15.8. The number of aliphatic carboxylic acids is 1. The summed E-state index contributed by atoms with van der Waals surface area (Å²) in [6, 6.07) is 4.94. The van der Waals surface area contributed by atoms with E-state index in [9.17, 15) is 13.4 Å². The molecule has 4 nitrogen and oxygen atoms in total. The van der Waals surface area contributed by atoms with Crippen molar-refractivity contribution >= 4 is 16.8 Å². The number of carbonyl (C=O) groups is 1. The second-order valence-electron chi connectivity index (χ2n) is 4.49. The van der Waals surface area contributed by atoms with E-state index in [1.165, 1.54) is 12.1 Å². The number of hydrogen-bond donors (Lipinski definition) is 2. The van der Waals surface area contributed by atoms with Gasteiger partial charge in [0, 0.05) is 28.3 Å². The Labute approximate surface area is 114 Å². The molecule has 19 heavy (non-hydrogen) atoms. The van der Waals surface area contributed by atoms with Crippen LogP contribution < -0.4 is 5.32 Å². The second kappa shape index (κ2) is 7.35. The van der Waals surface area contributed by atoms with Gasteiger partial charge in [0.1, 0.15) is 11.9 Å². The van der Waals surface area contributed by atoms with Crippen LogP contribution in [0.1, 0.15) is 19.4 Å². The van der Waals surface area contributed by atoms with Gasteiger partial charge in [-0.15, -0.1) is 0 Å². The van der Waals surface area contributed by atoms with Crippen LogP contribution in [0.25, 0.3) is 0 Å². The van der Waals surface area contributed by atoms with Gasteiger partial charge in [-0.3, -0.25) is 14.3 Å². The Morgan fingerprint density at radius 1 is 1.37 bits per heavy atom. The maximum Gasteiger partial charge on any atom is 0.321 e. The van der Waals surface area contributed by atoms with Crippen LogP contribution in [-0.2, 0) is 22.1 Å². The first-order valence-electron chi connectivity index (χ1n) is 5.98. The van der Waals surface area contributed by atoms with Crippen LogP contribution >= 0.6 is 0 Å². The average Bonchev–Trinajstić information content (AvgIpc) is 2.35. The van der Waals surface area contributed by atoms with Crippen molar-refractivity contribution in [3.63, 3.8) is 0 Å². The van der Waals surface area contributed by atoms with Gasteiger partial charge in [0.15, 0.2) is 0 Å². The predicted octanol–water partition coefficient (Wildman–Crippen LogP) is 1.53. The number of nitrogens with one attached hydrogen (secondary N) is 1. The van der Waals surface area contributed by atoms with Crippen molar-refractivity contribution in [2.45, 2.75) is 31.7 Å². The second-order valence-corrected chi connectivity index (χ2v) is 6.53. The number of benzene rings is 1. The molecule has 2 atom stereocenters. The molecule has 0 aliphatic rings. The molecule has 0 amide bonds. The molecule has 2 N–H and O–H groups in total. The Morgan fingerprint density at radius 3 is 2.42 bits per heavy atom. The minimum absolute atomic E-state index is 0.0637. The number of carboxylic acids is 1. The highest BCUT2D eigenvalue weighted by Crippen LogP contribution is 2.04. The van der Waals surface area contributed by atoms with Gasteiger partial charge >= 0.3 is 5.97 Å². The molecule has 0 fully saturated rings. The standard InChI is InChI=1S/C13H18FNO3S/c1-9(2)19(18)8-12(13(16)17)15-7-10-3-5-11(14)6-4-10/h3-6,9,12,15H,7-8H2,1-2H3,(H,16,17). The molecule has 1 rings (SSSR count). The van der Waals surface area contributed by atoms with Gasteiger partial charge in [-0.1, -0.05) is 26.0 Å². The van der Waals surface area contributed by atoms with Crippen LogP contribution in [0.3, 0.4) is 0 Å². The van der Waals surface area contributed by atoms with Gasteiger partial charge in [0.25, 0.3) is 0 Å². The highest BCUT2D eigenvalue weighted by atomic mass is 32.2. The SMILES string of the molecule is CC(C)S(=O)CC(NCc1ccc(F)cc1)C(=O)O. The summed E-state index contributed by atoms with van der Waals surface area (Å²) in [4.78, 5) is 11.1. The number of rotatable bonds is 7. The maximum atomic E-state index is 12.7. The van der Waals surface area contributed by atoms with Gasteiger partial charge in [-0.2, -0.15) is 0 Å². The highest BCUT2D eigenvalue weighted by Gasteiger charge is 2.21. The Kier molecular flexibility index (Phi) is 6.11. The van der Waals surface area contributed by atoms with Crippen LogP contribution in [-0.4, -0.2) is 32.3 Å². The molecule has 0 aromatic heterocycles. The lowest BCUT2D eigenvalue weighted by atomic mass is 10.2. The third kappa shape index (κ3) is 5.48. The topological polar surface area (TPSA) is 66.4 Å². The molecule has 0 radical (unpaired) electrons. The van der Waals surface area contributed by atoms with E-state index >= 15 is 0 Å². The van der Waals surface area contributed by atoms with Crippen molar-refractivity contribution in [3.05, 3.63) is 35.6 Å². The van der Waals surface area contributed by atoms with Gasteiger partial charge in [-0.25, -0.2) is 4.39 Å². The van der Waals surface area contributed by atoms with E-state index in [0.717, 1.165) is 5.56 Å². The number of carboxylic acid groups (broad SMARTS) is 1. The lowest BCUT2D eigenvalue weighted by Crippen LogP contribution is -2.41. The van der Waals surface area contributed by atoms with E-state index in [-0.39, 0.29) is 16.8 Å². The normalized spacial score (nSPS) is 14.3. The molecule has 1 aromatic rings. The van der Waals surface area contributed by atoms with E-state index in [0.29, 0.717) is 6.54 Å². The van der Waals surface area contributed by atoms with Gasteiger partial charge in [0.05, 0.1) is 0 Å². The molecule has 0 saturated heterocycles. The minimum atomic E-state index is -1.19. The van der Waals surface area contributed by atoms with Crippen molar-refractivity contribution in [1.29, 1.82) is 0 Å². The molecule has 0 spiro atoms. The van der Waals surface area contributed by atoms with Crippen LogP contribution in [0, 0.1) is 5.82 Å². The molecule has 0 aliphatic heterocycles. The predicted molar refractivity (Wildman–Crippen MR) is 72.8 cm³/mol. The number of halogens is 1. The highest BCUT2D eigenvalue weighted by molar-refractivity contribution is 7.85. The third-order valence-corrected chi connectivity index (χ3v) is 4.33. The summed E-state index contributed by atoms with van der Waals surface area (Å²) in [5.74, 6) is -1.30. The summed E-state index contributed by atoms with van der Waals surface area (Å²) in [6.07, 6.45) is 0. The molecule has 0 saturated carbocycles. The Balaban J connectivity index is 2.57. The Hall–Kier alpha value is -1.27. The Bertz CT molecular complexity index is 448. The smallest absolute Gasteiger partial charge is 0.321 e. The molecule has 2 unspecified atom stereocenters. The first-order chi connectivity index (χ1) is 8.90. The van der Waals surface area contributed by atoms with Gasteiger partial charge in [0.2, 0.25) is 0 Å². The third-order valence-electron chi connectivity index (χ3n) is 2.62. The summed E-state index contributed by atoms with van der Waals surface area (Å²) in [5.41, 5.74) is 0.781. The van der Waals surface area contributed by atoms with Crippen molar-refractivity contribution in [3.8, 4) is 0 Å². The van der Waals surface area contributed by atoms with Gasteiger partial charge in [-0.05, 0) is 17.7 Å². The summed E-state index contributed by atoms with van der Waals surface area (Å²) in [6.45, 7) is 3.87. The zero-order chi connectivity index (χ0) is 14.4. The molecule has 106 valence electrons. The van der Waals surface area contributed by atoms with E-state index in [1.807, 2.05) is 0 Å². The molecule has 6 heteroatoms. The summed E-state index contributed by atoms with van der Waals surface area (Å²) in [5, 5.41) is 11.8. The number of hydrogen-bond acceptors (Lipinski definition) is 3. The minimum Gasteiger partial charge on any atom is -0.480 e. The lowest BCUT2D eigenvalue weighted by Gasteiger charge is -2.15. The van der Waals surface area contributed by atoms with Crippen LogP contribution in [0.4, 0.5) is 4.39 Å². The fraction of sp³-hybridized carbons (Fsp3) is 0.462. The zero-order valence-electron chi connectivity index (χ0n) is 10.9. The summed E-state index contributed by atoms with van der Waals surface area (Å²) in [7, 11) is -1.19. The van der Waals surface area contributed by atoms with Crippen molar-refractivity contribution in [2.24, 2.45) is 0 Å². The van der Waals surface area contributed by atoms with Crippen LogP contribution in [0.2, 0.25) is 0 Å². The fourth-order valence-corrected chi connectivity index (χ4v) is 2.39. The first-order valence-corrected chi connectivity index (χ1v) is 7.36. The monoisotopic (exact) mass is 287 g/mol. The van der Waals surface area contributed by atoms with Crippen molar-refractivity contribution in [1.82, 2.24) is 5.32 Å². The largest absolute Gasteiger partial charge is 0.480 e. The van der Waals surface area contributed by atoms with E-state index in [1.54, 1.807) is 26.0 Å². The molecule has 0 bridgehead atoms. The van der Waals surface area contributed by atoms with E-state index in [2.05, 4.69) is 5.32 Å². The van der Waals surface area contributed by atoms with Crippen LogP contribution in [0.5, 0.6) is 0 Å². The Morgan fingerprint density at radius 2 is 1.95 bits per heavy atom. The molecular weight excluding hydrogens is 269 g/mol. The molecular formula is C13H18FNO3S. The lowest BCUT2D eigenvalue weighted by molar-refractivity contribution is -0.138. The summed E-state index contributed by atoms with van der Waals surface area (Å²) >= 11 is 0. The molecule has 0 heterocycles. The zero-order valence-corrected chi connectivity index (χ0v) is 11.7.